The number of hydrogen-bond acceptors (Lipinski definition) is 1. The van der Waals surface area contributed by atoms with E-state index < -0.39 is 0 Å². The van der Waals surface area contributed by atoms with Gasteiger partial charge in [0.2, 0.25) is 0 Å². The van der Waals surface area contributed by atoms with E-state index in [1.54, 1.807) is 11.1 Å². The van der Waals surface area contributed by atoms with Crippen LogP contribution >= 0.6 is 22.6 Å². The van der Waals surface area contributed by atoms with Gasteiger partial charge in [-0.25, -0.2) is 0 Å². The number of anilines is 1. The van der Waals surface area contributed by atoms with Crippen molar-refractivity contribution in [2.24, 2.45) is 0 Å². The molecular weight excluding hydrogens is 393 g/mol. The van der Waals surface area contributed by atoms with Crippen LogP contribution in [0.1, 0.15) is 48.8 Å². The molecule has 0 radical (unpaired) electrons. The van der Waals surface area contributed by atoms with Crippen LogP contribution in [0.25, 0.3) is 11.1 Å². The molecule has 0 unspecified atom stereocenters. The smallest absolute Gasteiger partial charge is 0.0703 e. The third kappa shape index (κ3) is 2.82. The van der Waals surface area contributed by atoms with E-state index in [2.05, 4.69) is 76.0 Å². The zero-order valence-corrected chi connectivity index (χ0v) is 15.6. The minimum atomic E-state index is 1.01. The highest BCUT2D eigenvalue weighted by molar-refractivity contribution is 14.1. The van der Waals surface area contributed by atoms with Gasteiger partial charge in [-0.2, -0.15) is 0 Å². The third-order valence-electron chi connectivity index (χ3n) is 5.14. The highest BCUT2D eigenvalue weighted by atomic mass is 127. The van der Waals surface area contributed by atoms with Crippen molar-refractivity contribution in [2.45, 2.75) is 38.6 Å². The van der Waals surface area contributed by atoms with Gasteiger partial charge in [0.05, 0.1) is 4.55 Å². The van der Waals surface area contributed by atoms with E-state index in [0.29, 0.717) is 0 Å². The molecule has 0 fully saturated rings. The number of allylic oxidation sites excluding steroid dienone is 2. The maximum absolute atomic E-state index is 2.52. The lowest BCUT2D eigenvalue weighted by Crippen LogP contribution is -2.23. The fourth-order valence-electron chi connectivity index (χ4n) is 4.03. The maximum atomic E-state index is 2.52. The second-order valence-corrected chi connectivity index (χ2v) is 7.19. The summed E-state index contributed by atoms with van der Waals surface area (Å²) in [5.41, 5.74) is 9.06. The molecule has 2 heteroatoms. The average molecular weight is 415 g/mol. The molecule has 0 amide bonds. The average Bonchev–Trinajstić information content (AvgIpc) is 2.84. The van der Waals surface area contributed by atoms with Crippen LogP contribution < -0.4 is 4.90 Å². The van der Waals surface area contributed by atoms with Crippen LogP contribution in [-0.4, -0.2) is 4.55 Å². The Balaban J connectivity index is 2.01. The van der Waals surface area contributed by atoms with E-state index in [4.69, 9.17) is 0 Å². The van der Waals surface area contributed by atoms with E-state index in [1.165, 1.54) is 54.5 Å². The summed E-state index contributed by atoms with van der Waals surface area (Å²) < 4.78 is 1.02. The normalized spacial score (nSPS) is 17.5. The Labute approximate surface area is 152 Å². The first kappa shape index (κ1) is 15.3. The Morgan fingerprint density at radius 1 is 0.783 bits per heavy atom. The minimum absolute atomic E-state index is 1.01. The Bertz CT molecular complexity index is 747. The monoisotopic (exact) mass is 415 g/mol. The zero-order valence-electron chi connectivity index (χ0n) is 13.4. The molecule has 1 heterocycles. The molecule has 0 N–H and O–H groups in total. The number of fused-ring (bicyclic) bond motifs is 4. The van der Waals surface area contributed by atoms with Gasteiger partial charge in [-0.05, 0) is 54.0 Å². The number of rotatable bonds is 1. The van der Waals surface area contributed by atoms with Crippen LogP contribution in [0.2, 0.25) is 0 Å². The molecular formula is C21H22IN. The first-order valence-electron chi connectivity index (χ1n) is 8.59. The van der Waals surface area contributed by atoms with Crippen molar-refractivity contribution in [1.29, 1.82) is 0 Å². The summed E-state index contributed by atoms with van der Waals surface area (Å²) in [6, 6.07) is 18.1. The predicted octanol–water partition coefficient (Wildman–Crippen LogP) is 6.27. The Kier molecular flexibility index (Phi) is 4.43. The molecule has 2 aromatic rings. The lowest BCUT2D eigenvalue weighted by atomic mass is 9.86. The van der Waals surface area contributed by atoms with Gasteiger partial charge in [-0.3, -0.25) is 0 Å². The summed E-state index contributed by atoms with van der Waals surface area (Å²) in [5.74, 6) is 0. The molecule has 1 nitrogen and oxygen atoms in total. The van der Waals surface area contributed by atoms with Gasteiger partial charge in [0.25, 0.3) is 0 Å². The third-order valence-corrected chi connectivity index (χ3v) is 5.96. The Morgan fingerprint density at radius 2 is 1.43 bits per heavy atom. The van der Waals surface area contributed by atoms with Crippen molar-refractivity contribution in [3.05, 3.63) is 65.2 Å². The molecule has 0 spiro atoms. The topological polar surface area (TPSA) is 3.24 Å². The molecule has 0 saturated carbocycles. The van der Waals surface area contributed by atoms with E-state index >= 15 is 0 Å². The molecule has 2 aromatic carbocycles. The molecule has 0 aromatic heterocycles. The molecule has 0 saturated heterocycles. The number of hydrogen-bond donors (Lipinski definition) is 0. The lowest BCUT2D eigenvalue weighted by Gasteiger charge is -2.31. The molecule has 0 atom stereocenters. The molecule has 4 rings (SSSR count). The summed E-state index contributed by atoms with van der Waals surface area (Å²) in [5, 5.41) is 0. The molecule has 1 aliphatic carbocycles. The summed E-state index contributed by atoms with van der Waals surface area (Å²) >= 11 is 2.50. The molecule has 23 heavy (non-hydrogen) atoms. The second kappa shape index (κ2) is 6.68. The fraction of sp³-hybridized carbons (Fsp3) is 0.333. The summed E-state index contributed by atoms with van der Waals surface area (Å²) in [6.07, 6.45) is 6.44. The van der Waals surface area contributed by atoms with Gasteiger partial charge in [0.15, 0.2) is 0 Å². The van der Waals surface area contributed by atoms with Crippen LogP contribution in [0.15, 0.2) is 48.5 Å². The van der Waals surface area contributed by atoms with Gasteiger partial charge < -0.3 is 4.90 Å². The maximum Gasteiger partial charge on any atom is 0.0703 e. The van der Waals surface area contributed by atoms with Crippen LogP contribution in [0.5, 0.6) is 0 Å². The summed E-state index contributed by atoms with van der Waals surface area (Å²) in [7, 11) is 0. The number of halogens is 1. The van der Waals surface area contributed by atoms with E-state index in [9.17, 15) is 0 Å². The van der Waals surface area contributed by atoms with Crippen molar-refractivity contribution in [2.75, 3.05) is 9.45 Å². The van der Waals surface area contributed by atoms with Crippen molar-refractivity contribution in [1.82, 2.24) is 0 Å². The second-order valence-electron chi connectivity index (χ2n) is 6.51. The van der Waals surface area contributed by atoms with Crippen molar-refractivity contribution in [3.63, 3.8) is 0 Å². The SMILES string of the molecule is ICN1Cc2ccccc2C2=C(CCCCC2)c2ccccc21. The Hall–Kier alpha value is -1.29. The number of nitrogens with zero attached hydrogens (tertiary/aromatic N) is 1. The van der Waals surface area contributed by atoms with Crippen LogP contribution in [0, 0.1) is 0 Å². The van der Waals surface area contributed by atoms with Crippen LogP contribution in [-0.2, 0) is 6.54 Å². The fourth-order valence-corrected chi connectivity index (χ4v) is 4.64. The number of alkyl halides is 1. The highest BCUT2D eigenvalue weighted by Crippen LogP contribution is 2.43. The largest absolute Gasteiger partial charge is 0.358 e. The van der Waals surface area contributed by atoms with Gasteiger partial charge in [0.1, 0.15) is 0 Å². The van der Waals surface area contributed by atoms with Crippen molar-refractivity contribution >= 4 is 39.4 Å². The highest BCUT2D eigenvalue weighted by Gasteiger charge is 2.23. The van der Waals surface area contributed by atoms with E-state index in [-0.39, 0.29) is 0 Å². The number of para-hydroxylation sites is 1. The van der Waals surface area contributed by atoms with Crippen molar-refractivity contribution in [3.8, 4) is 0 Å². The minimum Gasteiger partial charge on any atom is -0.358 e. The van der Waals surface area contributed by atoms with Crippen LogP contribution in [0.4, 0.5) is 5.69 Å². The van der Waals surface area contributed by atoms with Crippen molar-refractivity contribution < 1.29 is 0 Å². The first-order chi connectivity index (χ1) is 11.4. The quantitative estimate of drug-likeness (QED) is 0.301. The zero-order chi connectivity index (χ0) is 15.6. The predicted molar refractivity (Wildman–Crippen MR) is 108 cm³/mol. The van der Waals surface area contributed by atoms with E-state index in [0.717, 1.165) is 11.1 Å². The molecule has 0 bridgehead atoms. The lowest BCUT2D eigenvalue weighted by molar-refractivity contribution is 0.723. The standard InChI is InChI=1S/C21H22IN/c22-15-23-14-16-8-4-5-9-17(16)18-10-2-1-3-11-19(18)20-12-6-7-13-21(20)23/h4-9,12-13H,1-3,10-11,14-15H2. The van der Waals surface area contributed by atoms with Crippen LogP contribution in [0.3, 0.4) is 0 Å². The molecule has 2 aliphatic rings. The molecule has 118 valence electrons. The first-order valence-corrected chi connectivity index (χ1v) is 10.1. The van der Waals surface area contributed by atoms with Gasteiger partial charge in [-0.1, -0.05) is 71.5 Å². The summed E-state index contributed by atoms with van der Waals surface area (Å²) in [6.45, 7) is 1.01. The Morgan fingerprint density at radius 3 is 2.22 bits per heavy atom. The van der Waals surface area contributed by atoms with Gasteiger partial charge in [-0.15, -0.1) is 0 Å². The number of benzene rings is 2. The molecule has 1 aliphatic heterocycles. The van der Waals surface area contributed by atoms with E-state index in [1.807, 2.05) is 0 Å². The van der Waals surface area contributed by atoms with Gasteiger partial charge >= 0.3 is 0 Å². The van der Waals surface area contributed by atoms with Gasteiger partial charge in [0, 0.05) is 17.8 Å². The summed E-state index contributed by atoms with van der Waals surface area (Å²) in [4.78, 5) is 2.52.